The summed E-state index contributed by atoms with van der Waals surface area (Å²) in [5, 5.41) is 10.7. The molecule has 0 radical (unpaired) electrons. The predicted octanol–water partition coefficient (Wildman–Crippen LogP) is 6.68. The summed E-state index contributed by atoms with van der Waals surface area (Å²) in [4.78, 5) is 0. The largest absolute Gasteiger partial charge is 0.504 e. The molecule has 0 fully saturated rings. The van der Waals surface area contributed by atoms with Crippen LogP contribution in [0.1, 0.15) is 11.1 Å². The van der Waals surface area contributed by atoms with E-state index in [1.807, 2.05) is 30.3 Å². The molecule has 0 spiro atoms. The highest BCUT2D eigenvalue weighted by Gasteiger charge is 2.31. The molecule has 0 amide bonds. The van der Waals surface area contributed by atoms with E-state index in [0.717, 1.165) is 24.0 Å². The van der Waals surface area contributed by atoms with Gasteiger partial charge in [-0.1, -0.05) is 48.5 Å². The number of aromatic hydroxyl groups is 1. The fourth-order valence-corrected chi connectivity index (χ4v) is 4.53. The fourth-order valence-electron chi connectivity index (χ4n) is 4.07. The number of alkyl halides is 3. The van der Waals surface area contributed by atoms with Crippen LogP contribution in [0.4, 0.5) is 13.2 Å². The lowest BCUT2D eigenvalue weighted by molar-refractivity contribution is -0.137. The molecule has 0 atom stereocenters. The Balaban J connectivity index is 1.84. The van der Waals surface area contributed by atoms with Crippen molar-refractivity contribution < 1.29 is 45.1 Å². The first kappa shape index (κ1) is 28.6. The summed E-state index contributed by atoms with van der Waals surface area (Å²) >= 11 is 0. The maximum atomic E-state index is 13.1. The minimum atomic E-state index is -4.53. The molecule has 40 heavy (non-hydrogen) atoms. The third kappa shape index (κ3) is 6.42. The molecule has 0 saturated carbocycles. The highest BCUT2D eigenvalue weighted by Crippen LogP contribution is 2.51. The third-order valence-electron chi connectivity index (χ3n) is 5.87. The first-order valence-electron chi connectivity index (χ1n) is 11.8. The quantitative estimate of drug-likeness (QED) is 0.223. The zero-order valence-corrected chi connectivity index (χ0v) is 22.5. The molecule has 210 valence electrons. The predicted molar refractivity (Wildman–Crippen MR) is 143 cm³/mol. The summed E-state index contributed by atoms with van der Waals surface area (Å²) in [5.41, 5.74) is 0.988. The van der Waals surface area contributed by atoms with Gasteiger partial charge in [-0.15, -0.1) is 0 Å². The monoisotopic (exact) mass is 574 g/mol. The topological polar surface area (TPSA) is 91.3 Å². The maximum absolute atomic E-state index is 13.1. The number of hydrogen-bond donors (Lipinski definition) is 1. The first-order valence-corrected chi connectivity index (χ1v) is 13.6. The van der Waals surface area contributed by atoms with Gasteiger partial charge in [0.1, 0.15) is 12.4 Å². The average molecular weight is 575 g/mol. The number of ether oxygens (including phenoxy) is 3. The standard InChI is InChI=1S/C29H25F3O7S/c1-36-25-16-22(19-9-12-21(13-10-19)29(30,31)32)27(37-2)28(39-40(3,34)35)26(25)20-11-14-24(23(33)15-20)38-17-18-7-5-4-6-8-18/h4-16,33H,17H2,1-3H3. The van der Waals surface area contributed by atoms with Gasteiger partial charge in [-0.3, -0.25) is 0 Å². The van der Waals surface area contributed by atoms with Gasteiger partial charge in [0, 0.05) is 5.56 Å². The van der Waals surface area contributed by atoms with Crippen molar-refractivity contribution in [3.05, 3.63) is 90.0 Å². The maximum Gasteiger partial charge on any atom is 0.416 e. The lowest BCUT2D eigenvalue weighted by Crippen LogP contribution is -2.09. The minimum absolute atomic E-state index is 0.0649. The molecule has 7 nitrogen and oxygen atoms in total. The van der Waals surface area contributed by atoms with Crippen LogP contribution >= 0.6 is 0 Å². The fraction of sp³-hybridized carbons (Fsp3) is 0.172. The Kier molecular flexibility index (Phi) is 8.15. The summed E-state index contributed by atoms with van der Waals surface area (Å²) in [7, 11) is -1.51. The molecule has 0 saturated heterocycles. The lowest BCUT2D eigenvalue weighted by atomic mass is 9.95. The van der Waals surface area contributed by atoms with Crippen molar-refractivity contribution in [2.24, 2.45) is 0 Å². The van der Waals surface area contributed by atoms with Crippen LogP contribution in [-0.4, -0.2) is 34.0 Å². The highest BCUT2D eigenvalue weighted by molar-refractivity contribution is 7.86. The van der Waals surface area contributed by atoms with Crippen LogP contribution < -0.4 is 18.4 Å². The zero-order chi connectivity index (χ0) is 29.1. The van der Waals surface area contributed by atoms with Crippen LogP contribution in [0, 0.1) is 0 Å². The Morgan fingerprint density at radius 2 is 1.45 bits per heavy atom. The number of benzene rings is 4. The van der Waals surface area contributed by atoms with Gasteiger partial charge in [-0.25, -0.2) is 0 Å². The Morgan fingerprint density at radius 1 is 0.800 bits per heavy atom. The van der Waals surface area contributed by atoms with Crippen LogP contribution in [0.2, 0.25) is 0 Å². The van der Waals surface area contributed by atoms with Gasteiger partial charge in [0.15, 0.2) is 23.0 Å². The number of phenols is 1. The van der Waals surface area contributed by atoms with E-state index in [1.54, 1.807) is 6.07 Å². The van der Waals surface area contributed by atoms with Crippen LogP contribution in [0.5, 0.6) is 28.7 Å². The molecular weight excluding hydrogens is 549 g/mol. The Morgan fingerprint density at radius 3 is 2.00 bits per heavy atom. The van der Waals surface area contributed by atoms with Gasteiger partial charge in [-0.05, 0) is 47.0 Å². The molecule has 0 unspecified atom stereocenters. The second-order valence-corrected chi connectivity index (χ2v) is 10.3. The van der Waals surface area contributed by atoms with Gasteiger partial charge in [-0.2, -0.15) is 21.6 Å². The lowest BCUT2D eigenvalue weighted by Gasteiger charge is -2.21. The van der Waals surface area contributed by atoms with E-state index in [2.05, 4.69) is 0 Å². The summed E-state index contributed by atoms with van der Waals surface area (Å²) in [5.74, 6) is -0.259. The van der Waals surface area contributed by atoms with Crippen molar-refractivity contribution in [1.82, 2.24) is 0 Å². The molecule has 0 bridgehead atoms. The Labute approximate surface area is 229 Å². The van der Waals surface area contributed by atoms with Crippen molar-refractivity contribution in [2.45, 2.75) is 12.8 Å². The van der Waals surface area contributed by atoms with E-state index < -0.39 is 21.9 Å². The van der Waals surface area contributed by atoms with Crippen LogP contribution in [0.15, 0.2) is 78.9 Å². The number of phenolic OH excluding ortho intramolecular Hbond substituents is 1. The van der Waals surface area contributed by atoms with Gasteiger partial charge >= 0.3 is 16.3 Å². The van der Waals surface area contributed by atoms with Crippen molar-refractivity contribution in [3.63, 3.8) is 0 Å². The molecule has 4 aromatic rings. The number of rotatable bonds is 9. The van der Waals surface area contributed by atoms with E-state index in [9.17, 15) is 26.7 Å². The van der Waals surface area contributed by atoms with E-state index >= 15 is 0 Å². The van der Waals surface area contributed by atoms with Crippen molar-refractivity contribution >= 4 is 10.1 Å². The average Bonchev–Trinajstić information content (AvgIpc) is 2.91. The van der Waals surface area contributed by atoms with Gasteiger partial charge in [0.25, 0.3) is 0 Å². The molecule has 11 heteroatoms. The van der Waals surface area contributed by atoms with Crippen molar-refractivity contribution in [1.29, 1.82) is 0 Å². The molecule has 0 aliphatic carbocycles. The Hall–Kier alpha value is -4.38. The second-order valence-electron chi connectivity index (χ2n) is 8.68. The van der Waals surface area contributed by atoms with Gasteiger partial charge in [0.05, 0.1) is 31.6 Å². The molecule has 4 rings (SSSR count). The molecule has 0 aliphatic heterocycles. The van der Waals surface area contributed by atoms with E-state index in [0.29, 0.717) is 11.1 Å². The second kappa shape index (κ2) is 11.4. The number of halogens is 3. The minimum Gasteiger partial charge on any atom is -0.504 e. The first-order chi connectivity index (χ1) is 18.9. The zero-order valence-electron chi connectivity index (χ0n) is 21.7. The third-order valence-corrected chi connectivity index (χ3v) is 6.34. The summed E-state index contributed by atoms with van der Waals surface area (Å²) in [6.07, 6.45) is -3.70. The summed E-state index contributed by atoms with van der Waals surface area (Å²) in [6, 6.07) is 19.5. The van der Waals surface area contributed by atoms with E-state index in [4.69, 9.17) is 18.4 Å². The Bertz CT molecular complexity index is 1600. The van der Waals surface area contributed by atoms with Gasteiger partial charge < -0.3 is 23.5 Å². The van der Waals surface area contributed by atoms with E-state index in [-0.39, 0.29) is 46.5 Å². The molecule has 1 N–H and O–H groups in total. The number of methoxy groups -OCH3 is 2. The smallest absolute Gasteiger partial charge is 0.416 e. The van der Waals surface area contributed by atoms with Crippen LogP contribution in [-0.2, 0) is 22.9 Å². The van der Waals surface area contributed by atoms with Crippen molar-refractivity contribution in [2.75, 3.05) is 20.5 Å². The molecule has 0 aromatic heterocycles. The van der Waals surface area contributed by atoms with Crippen molar-refractivity contribution in [3.8, 4) is 51.0 Å². The summed E-state index contributed by atoms with van der Waals surface area (Å²) in [6.45, 7) is 0.204. The molecular formula is C29H25F3O7S. The molecule has 0 aliphatic rings. The van der Waals surface area contributed by atoms with Crippen LogP contribution in [0.3, 0.4) is 0 Å². The van der Waals surface area contributed by atoms with E-state index in [1.165, 1.54) is 44.6 Å². The molecule has 4 aromatic carbocycles. The summed E-state index contributed by atoms with van der Waals surface area (Å²) < 4.78 is 86.0. The number of hydrogen-bond acceptors (Lipinski definition) is 7. The van der Waals surface area contributed by atoms with Crippen LogP contribution in [0.25, 0.3) is 22.3 Å². The van der Waals surface area contributed by atoms with Gasteiger partial charge in [0.2, 0.25) is 0 Å². The SMILES string of the molecule is COc1cc(-c2ccc(C(F)(F)F)cc2)c(OC)c(OS(C)(=O)=O)c1-c1ccc(OCc2ccccc2)c(O)c1. The highest BCUT2D eigenvalue weighted by atomic mass is 32.2. The normalized spacial score (nSPS) is 11.7. The molecule has 0 heterocycles.